The van der Waals surface area contributed by atoms with Crippen LogP contribution in [0.4, 0.5) is 15.8 Å². The van der Waals surface area contributed by atoms with Crippen molar-refractivity contribution in [2.24, 2.45) is 0 Å². The highest BCUT2D eigenvalue weighted by molar-refractivity contribution is 7.80. The summed E-state index contributed by atoms with van der Waals surface area (Å²) in [6.07, 6.45) is 0. The molecule has 0 saturated heterocycles. The summed E-state index contributed by atoms with van der Waals surface area (Å²) >= 11 is 6.47. The van der Waals surface area contributed by atoms with Crippen LogP contribution in [0.3, 0.4) is 0 Å². The van der Waals surface area contributed by atoms with Crippen LogP contribution >= 0.6 is 23.6 Å². The number of hydrogen-bond donors (Lipinski definition) is 3. The normalized spacial score (nSPS) is 10.1. The van der Waals surface area contributed by atoms with E-state index in [4.69, 9.17) is 12.2 Å². The highest BCUT2D eigenvalue weighted by Gasteiger charge is 2.09. The summed E-state index contributed by atoms with van der Waals surface area (Å²) in [6.45, 7) is 0. The maximum absolute atomic E-state index is 12.9. The van der Waals surface area contributed by atoms with Gasteiger partial charge in [0.05, 0.1) is 4.88 Å². The Bertz CT molecular complexity index is 956. The maximum Gasteiger partial charge on any atom is 0.265 e. The third-order valence-electron chi connectivity index (χ3n) is 3.48. The summed E-state index contributed by atoms with van der Waals surface area (Å²) < 4.78 is 12.9. The van der Waals surface area contributed by atoms with Gasteiger partial charge >= 0.3 is 0 Å². The highest BCUT2D eigenvalue weighted by atomic mass is 32.1. The Labute approximate surface area is 164 Å². The lowest BCUT2D eigenvalue weighted by Gasteiger charge is -2.10. The summed E-state index contributed by atoms with van der Waals surface area (Å²) in [7, 11) is 0. The second-order valence-corrected chi connectivity index (χ2v) is 6.78. The number of benzene rings is 2. The number of halogens is 1. The quantitative estimate of drug-likeness (QED) is 0.573. The zero-order chi connectivity index (χ0) is 19.2. The van der Waals surface area contributed by atoms with Gasteiger partial charge in [0.1, 0.15) is 5.82 Å². The van der Waals surface area contributed by atoms with Gasteiger partial charge in [0, 0.05) is 16.9 Å². The number of amides is 2. The van der Waals surface area contributed by atoms with Crippen LogP contribution in [-0.2, 0) is 0 Å². The van der Waals surface area contributed by atoms with E-state index in [1.807, 2.05) is 11.4 Å². The first-order valence-corrected chi connectivity index (χ1v) is 9.13. The molecule has 8 heteroatoms. The first-order chi connectivity index (χ1) is 13.0. The Kier molecular flexibility index (Phi) is 5.90. The van der Waals surface area contributed by atoms with E-state index in [9.17, 15) is 14.0 Å². The number of hydrogen-bond acceptors (Lipinski definition) is 4. The molecule has 27 heavy (non-hydrogen) atoms. The molecule has 2 aromatic carbocycles. The molecule has 0 aliphatic carbocycles. The molecule has 0 fully saturated rings. The maximum atomic E-state index is 12.9. The topological polar surface area (TPSA) is 70.2 Å². The molecule has 3 N–H and O–H groups in total. The number of thiophene rings is 1. The molecule has 1 heterocycles. The van der Waals surface area contributed by atoms with Crippen molar-refractivity contribution in [3.05, 3.63) is 82.3 Å². The minimum atomic E-state index is -0.438. The predicted molar refractivity (Wildman–Crippen MR) is 109 cm³/mol. The lowest BCUT2D eigenvalue weighted by molar-refractivity contribution is 0.0976. The highest BCUT2D eigenvalue weighted by Crippen LogP contribution is 2.16. The summed E-state index contributed by atoms with van der Waals surface area (Å²) in [5, 5.41) is 10.1. The Morgan fingerprint density at radius 3 is 2.07 bits per heavy atom. The van der Waals surface area contributed by atoms with Crippen molar-refractivity contribution < 1.29 is 14.0 Å². The van der Waals surface area contributed by atoms with E-state index >= 15 is 0 Å². The van der Waals surface area contributed by atoms with Gasteiger partial charge in [-0.15, -0.1) is 11.3 Å². The largest absolute Gasteiger partial charge is 0.332 e. The van der Waals surface area contributed by atoms with Crippen LogP contribution in [0.15, 0.2) is 66.0 Å². The number of nitrogens with one attached hydrogen (secondary N) is 3. The van der Waals surface area contributed by atoms with Gasteiger partial charge in [0.15, 0.2) is 5.11 Å². The second kappa shape index (κ2) is 8.52. The molecular formula is C19H14FN3O2S2. The molecule has 0 radical (unpaired) electrons. The number of thiocarbonyl (C=S) groups is 1. The van der Waals surface area contributed by atoms with E-state index in [1.54, 1.807) is 30.3 Å². The molecule has 3 rings (SSSR count). The van der Waals surface area contributed by atoms with Gasteiger partial charge < -0.3 is 10.6 Å². The molecule has 5 nitrogen and oxygen atoms in total. The van der Waals surface area contributed by atoms with E-state index in [2.05, 4.69) is 16.0 Å². The van der Waals surface area contributed by atoms with Crippen LogP contribution in [0.1, 0.15) is 20.0 Å². The van der Waals surface area contributed by atoms with Crippen molar-refractivity contribution in [2.75, 3.05) is 10.6 Å². The molecule has 0 spiro atoms. The zero-order valence-corrected chi connectivity index (χ0v) is 15.5. The Hall–Kier alpha value is -3.10. The molecule has 2 amide bonds. The number of rotatable bonds is 4. The average molecular weight is 399 g/mol. The lowest BCUT2D eigenvalue weighted by atomic mass is 10.2. The minimum absolute atomic E-state index is 0.111. The minimum Gasteiger partial charge on any atom is -0.332 e. The average Bonchev–Trinajstić information content (AvgIpc) is 3.18. The van der Waals surface area contributed by atoms with E-state index in [-0.39, 0.29) is 11.0 Å². The molecule has 0 unspecified atom stereocenters. The SMILES string of the molecule is O=C(NC(=S)Nc1ccc(NC(=O)c2cccs2)cc1)c1ccc(F)cc1. The fourth-order valence-corrected chi connectivity index (χ4v) is 3.01. The fourth-order valence-electron chi connectivity index (χ4n) is 2.18. The van der Waals surface area contributed by atoms with Crippen LogP contribution in [-0.4, -0.2) is 16.9 Å². The monoisotopic (exact) mass is 399 g/mol. The molecule has 3 aromatic rings. The molecule has 1 aromatic heterocycles. The predicted octanol–water partition coefficient (Wildman–Crippen LogP) is 4.27. The molecule has 0 saturated carbocycles. The molecule has 0 atom stereocenters. The molecule has 0 bridgehead atoms. The Morgan fingerprint density at radius 2 is 1.48 bits per heavy atom. The summed E-state index contributed by atoms with van der Waals surface area (Å²) in [5.41, 5.74) is 1.58. The molecule has 0 aliphatic rings. The third-order valence-corrected chi connectivity index (χ3v) is 4.55. The zero-order valence-electron chi connectivity index (χ0n) is 13.9. The second-order valence-electron chi connectivity index (χ2n) is 5.42. The summed E-state index contributed by atoms with van der Waals surface area (Å²) in [6, 6.07) is 15.6. The van der Waals surface area contributed by atoms with Crippen LogP contribution in [0, 0.1) is 5.82 Å². The van der Waals surface area contributed by atoms with Crippen molar-refractivity contribution in [1.29, 1.82) is 0 Å². The van der Waals surface area contributed by atoms with E-state index < -0.39 is 11.7 Å². The van der Waals surface area contributed by atoms with Gasteiger partial charge in [-0.25, -0.2) is 4.39 Å². The fraction of sp³-hybridized carbons (Fsp3) is 0. The molecule has 136 valence electrons. The van der Waals surface area contributed by atoms with E-state index in [0.29, 0.717) is 21.8 Å². The summed E-state index contributed by atoms with van der Waals surface area (Å²) in [4.78, 5) is 24.7. The van der Waals surface area contributed by atoms with Crippen molar-refractivity contribution in [3.8, 4) is 0 Å². The van der Waals surface area contributed by atoms with Crippen molar-refractivity contribution in [2.45, 2.75) is 0 Å². The van der Waals surface area contributed by atoms with Crippen LogP contribution in [0.25, 0.3) is 0 Å². The Morgan fingerprint density at radius 1 is 0.852 bits per heavy atom. The number of anilines is 2. The Balaban J connectivity index is 1.54. The number of carbonyl (C=O) groups is 2. The van der Waals surface area contributed by atoms with E-state index in [1.165, 1.54) is 35.6 Å². The molecular weight excluding hydrogens is 385 g/mol. The van der Waals surface area contributed by atoms with Crippen LogP contribution in [0.2, 0.25) is 0 Å². The van der Waals surface area contributed by atoms with Gasteiger partial charge in [0.2, 0.25) is 0 Å². The first kappa shape index (κ1) is 18.7. The van der Waals surface area contributed by atoms with Gasteiger partial charge in [-0.1, -0.05) is 6.07 Å². The lowest BCUT2D eigenvalue weighted by Crippen LogP contribution is -2.34. The van der Waals surface area contributed by atoms with Gasteiger partial charge in [-0.3, -0.25) is 14.9 Å². The standard InChI is InChI=1S/C19H14FN3O2S2/c20-13-5-3-12(4-6-13)17(24)23-19(26)22-15-9-7-14(8-10-15)21-18(25)16-2-1-11-27-16/h1-11H,(H,21,25)(H2,22,23,24,26). The van der Waals surface area contributed by atoms with Crippen molar-refractivity contribution >= 4 is 51.9 Å². The smallest absolute Gasteiger partial charge is 0.265 e. The number of carbonyl (C=O) groups excluding carboxylic acids is 2. The van der Waals surface area contributed by atoms with Gasteiger partial charge in [-0.05, 0) is 72.2 Å². The third kappa shape index (κ3) is 5.19. The van der Waals surface area contributed by atoms with Crippen molar-refractivity contribution in [1.82, 2.24) is 5.32 Å². The van der Waals surface area contributed by atoms with Crippen LogP contribution in [0.5, 0.6) is 0 Å². The van der Waals surface area contributed by atoms with Gasteiger partial charge in [0.25, 0.3) is 11.8 Å². The van der Waals surface area contributed by atoms with Crippen molar-refractivity contribution in [3.63, 3.8) is 0 Å². The van der Waals surface area contributed by atoms with Crippen LogP contribution < -0.4 is 16.0 Å². The summed E-state index contributed by atoms with van der Waals surface area (Å²) in [5.74, 6) is -1.03. The molecule has 0 aliphatic heterocycles. The van der Waals surface area contributed by atoms with E-state index in [0.717, 1.165) is 0 Å². The van der Waals surface area contributed by atoms with Gasteiger partial charge in [-0.2, -0.15) is 0 Å². The first-order valence-electron chi connectivity index (χ1n) is 7.84.